The Morgan fingerprint density at radius 1 is 1.12 bits per heavy atom. The van der Waals surface area contributed by atoms with Crippen LogP contribution in [0, 0.1) is 6.92 Å². The molecule has 1 aromatic carbocycles. The normalized spacial score (nSPS) is 14.1. The zero-order valence-electron chi connectivity index (χ0n) is 14.4. The highest BCUT2D eigenvalue weighted by molar-refractivity contribution is 5.89. The van der Waals surface area contributed by atoms with Crippen LogP contribution < -0.4 is 10.6 Å². The minimum absolute atomic E-state index is 0. The van der Waals surface area contributed by atoms with Gasteiger partial charge in [0.2, 0.25) is 5.91 Å². The first kappa shape index (κ1) is 20.3. The number of urea groups is 1. The van der Waals surface area contributed by atoms with Crippen LogP contribution in [-0.2, 0) is 4.79 Å². The van der Waals surface area contributed by atoms with Gasteiger partial charge in [-0.25, -0.2) is 4.79 Å². The van der Waals surface area contributed by atoms with Gasteiger partial charge in [-0.3, -0.25) is 4.79 Å². The molecule has 0 saturated carbocycles. The molecule has 0 atom stereocenters. The molecule has 3 amide bonds. The molecule has 1 aromatic rings. The summed E-state index contributed by atoms with van der Waals surface area (Å²) in [4.78, 5) is 27.9. The molecule has 0 aromatic heterocycles. The Morgan fingerprint density at radius 2 is 1.79 bits per heavy atom. The van der Waals surface area contributed by atoms with E-state index >= 15 is 0 Å². The van der Waals surface area contributed by atoms with E-state index in [1.165, 1.54) is 0 Å². The van der Waals surface area contributed by atoms with Crippen LogP contribution in [0.4, 0.5) is 10.5 Å². The van der Waals surface area contributed by atoms with Crippen LogP contribution in [0.3, 0.4) is 0 Å². The lowest BCUT2D eigenvalue weighted by molar-refractivity contribution is -0.132. The highest BCUT2D eigenvalue weighted by atomic mass is 35.5. The molecular formula is C17H27ClN4O2. The largest absolute Gasteiger partial charge is 0.339 e. The van der Waals surface area contributed by atoms with Crippen molar-refractivity contribution < 1.29 is 9.59 Å². The van der Waals surface area contributed by atoms with Gasteiger partial charge in [0, 0.05) is 38.3 Å². The van der Waals surface area contributed by atoms with Crippen LogP contribution in [0.1, 0.15) is 18.4 Å². The van der Waals surface area contributed by atoms with Crippen LogP contribution in [0.25, 0.3) is 0 Å². The first-order valence-electron chi connectivity index (χ1n) is 8.15. The molecule has 134 valence electrons. The first-order valence-corrected chi connectivity index (χ1v) is 8.15. The Balaban J connectivity index is 0.00000288. The van der Waals surface area contributed by atoms with E-state index in [0.29, 0.717) is 32.6 Å². The smallest absolute Gasteiger partial charge is 0.321 e. The van der Waals surface area contributed by atoms with Gasteiger partial charge >= 0.3 is 6.03 Å². The average Bonchev–Trinajstić information content (AvgIpc) is 2.55. The number of amides is 3. The number of halogens is 1. The lowest BCUT2D eigenvalue weighted by Gasteiger charge is -2.34. The van der Waals surface area contributed by atoms with Gasteiger partial charge in [-0.05, 0) is 44.6 Å². The number of nitrogens with one attached hydrogen (secondary N) is 2. The third-order valence-electron chi connectivity index (χ3n) is 4.01. The summed E-state index contributed by atoms with van der Waals surface area (Å²) < 4.78 is 0. The Hall–Kier alpha value is -1.79. The number of benzene rings is 1. The third kappa shape index (κ3) is 6.02. The molecule has 1 aliphatic rings. The second-order valence-corrected chi connectivity index (χ2v) is 5.87. The summed E-state index contributed by atoms with van der Waals surface area (Å²) in [6.45, 7) is 5.22. The van der Waals surface area contributed by atoms with Crippen molar-refractivity contribution in [2.45, 2.75) is 19.8 Å². The predicted octanol–water partition coefficient (Wildman–Crippen LogP) is 2.09. The lowest BCUT2D eigenvalue weighted by atomic mass is 10.2. The van der Waals surface area contributed by atoms with Gasteiger partial charge in [0.1, 0.15) is 0 Å². The first-order chi connectivity index (χ1) is 11.1. The Bertz CT molecular complexity index is 545. The van der Waals surface area contributed by atoms with Crippen molar-refractivity contribution in [1.82, 2.24) is 15.1 Å². The Kier molecular flexibility index (Phi) is 8.57. The van der Waals surface area contributed by atoms with Gasteiger partial charge in [0.05, 0.1) is 0 Å². The van der Waals surface area contributed by atoms with E-state index in [-0.39, 0.29) is 24.3 Å². The van der Waals surface area contributed by atoms with Crippen LogP contribution in [0.5, 0.6) is 0 Å². The summed E-state index contributed by atoms with van der Waals surface area (Å²) in [5.41, 5.74) is 1.92. The number of hydrogen-bond donors (Lipinski definition) is 2. The van der Waals surface area contributed by atoms with Crippen molar-refractivity contribution in [3.8, 4) is 0 Å². The maximum atomic E-state index is 12.3. The predicted molar refractivity (Wildman–Crippen MR) is 98.8 cm³/mol. The van der Waals surface area contributed by atoms with E-state index in [1.807, 2.05) is 43.1 Å². The van der Waals surface area contributed by atoms with Crippen LogP contribution in [0.2, 0.25) is 0 Å². The molecule has 6 nitrogen and oxygen atoms in total. The number of rotatable bonds is 5. The molecular weight excluding hydrogens is 328 g/mol. The summed E-state index contributed by atoms with van der Waals surface area (Å²) >= 11 is 0. The molecule has 0 radical (unpaired) electrons. The fourth-order valence-electron chi connectivity index (χ4n) is 2.66. The van der Waals surface area contributed by atoms with Crippen molar-refractivity contribution in [1.29, 1.82) is 0 Å². The Labute approximate surface area is 150 Å². The van der Waals surface area contributed by atoms with Gasteiger partial charge in [-0.2, -0.15) is 0 Å². The molecule has 2 rings (SSSR count). The molecule has 7 heteroatoms. The van der Waals surface area contributed by atoms with E-state index in [4.69, 9.17) is 0 Å². The van der Waals surface area contributed by atoms with Gasteiger partial charge in [-0.1, -0.05) is 12.1 Å². The summed E-state index contributed by atoms with van der Waals surface area (Å²) in [7, 11) is 1.89. The number of carbonyl (C=O) groups excluding carboxylic acids is 2. The highest BCUT2D eigenvalue weighted by Crippen LogP contribution is 2.12. The molecule has 2 N–H and O–H groups in total. The summed E-state index contributed by atoms with van der Waals surface area (Å²) in [6, 6.07) is 7.64. The average molecular weight is 355 g/mol. The minimum Gasteiger partial charge on any atom is -0.339 e. The molecule has 1 saturated heterocycles. The van der Waals surface area contributed by atoms with Crippen LogP contribution >= 0.6 is 12.4 Å². The number of nitrogens with zero attached hydrogens (tertiary/aromatic N) is 2. The number of aryl methyl sites for hydroxylation is 1. The Morgan fingerprint density at radius 3 is 2.42 bits per heavy atom. The number of anilines is 1. The molecule has 0 aliphatic carbocycles. The summed E-state index contributed by atoms with van der Waals surface area (Å²) in [5.74, 6) is 0.180. The zero-order valence-corrected chi connectivity index (χ0v) is 15.2. The molecule has 1 heterocycles. The van der Waals surface area contributed by atoms with E-state index in [0.717, 1.165) is 24.2 Å². The molecule has 0 spiro atoms. The second-order valence-electron chi connectivity index (χ2n) is 5.87. The SMILES string of the molecule is CNCCCC(=O)N1CCN(C(=O)Nc2cccc(C)c2)CC1.Cl. The quantitative estimate of drug-likeness (QED) is 0.796. The molecule has 0 bridgehead atoms. The monoisotopic (exact) mass is 354 g/mol. The standard InChI is InChI=1S/C17H26N4O2.ClH/c1-14-5-3-6-15(13-14)19-17(23)21-11-9-20(10-12-21)16(22)7-4-8-18-2;/h3,5-6,13,18H,4,7-12H2,1-2H3,(H,19,23);1H. The van der Waals surface area contributed by atoms with Gasteiger partial charge in [-0.15, -0.1) is 12.4 Å². The molecule has 24 heavy (non-hydrogen) atoms. The molecule has 1 aliphatic heterocycles. The summed E-state index contributed by atoms with van der Waals surface area (Å²) in [5, 5.41) is 5.96. The summed E-state index contributed by atoms with van der Waals surface area (Å²) in [6.07, 6.45) is 1.42. The van der Waals surface area contributed by atoms with Crippen molar-refractivity contribution in [3.63, 3.8) is 0 Å². The topological polar surface area (TPSA) is 64.7 Å². The van der Waals surface area contributed by atoms with Crippen molar-refractivity contribution in [2.24, 2.45) is 0 Å². The molecule has 1 fully saturated rings. The van der Waals surface area contributed by atoms with Crippen LogP contribution in [-0.4, -0.2) is 61.5 Å². The third-order valence-corrected chi connectivity index (χ3v) is 4.01. The maximum absolute atomic E-state index is 12.3. The van der Waals surface area contributed by atoms with Crippen molar-refractivity contribution >= 4 is 30.0 Å². The van der Waals surface area contributed by atoms with Crippen molar-refractivity contribution in [3.05, 3.63) is 29.8 Å². The second kappa shape index (κ2) is 10.2. The number of hydrogen-bond acceptors (Lipinski definition) is 3. The minimum atomic E-state index is -0.0992. The van der Waals surface area contributed by atoms with Gasteiger partial charge in [0.15, 0.2) is 0 Å². The fraction of sp³-hybridized carbons (Fsp3) is 0.529. The number of carbonyl (C=O) groups is 2. The van der Waals surface area contributed by atoms with E-state index in [1.54, 1.807) is 4.90 Å². The number of piperazine rings is 1. The molecule has 0 unspecified atom stereocenters. The van der Waals surface area contributed by atoms with Gasteiger partial charge in [0.25, 0.3) is 0 Å². The highest BCUT2D eigenvalue weighted by Gasteiger charge is 2.23. The van der Waals surface area contributed by atoms with Crippen molar-refractivity contribution in [2.75, 3.05) is 45.1 Å². The van der Waals surface area contributed by atoms with E-state index in [2.05, 4.69) is 10.6 Å². The lowest BCUT2D eigenvalue weighted by Crippen LogP contribution is -2.51. The van der Waals surface area contributed by atoms with E-state index < -0.39 is 0 Å². The van der Waals surface area contributed by atoms with E-state index in [9.17, 15) is 9.59 Å². The van der Waals surface area contributed by atoms with Gasteiger partial charge < -0.3 is 20.4 Å². The van der Waals surface area contributed by atoms with Crippen LogP contribution in [0.15, 0.2) is 24.3 Å². The maximum Gasteiger partial charge on any atom is 0.321 e. The zero-order chi connectivity index (χ0) is 16.7. The fourth-order valence-corrected chi connectivity index (χ4v) is 2.66.